The first-order valence-electron chi connectivity index (χ1n) is 4.52. The van der Waals surface area contributed by atoms with Crippen molar-refractivity contribution in [3.05, 3.63) is 0 Å². The van der Waals surface area contributed by atoms with Gasteiger partial charge in [0.2, 0.25) is 0 Å². The van der Waals surface area contributed by atoms with Crippen LogP contribution < -0.4 is 5.73 Å². The Balaban J connectivity index is 2.58. The Hall–Kier alpha value is -0.910. The second-order valence-electron chi connectivity index (χ2n) is 3.39. The average molecular weight is 207 g/mol. The lowest BCUT2D eigenvalue weighted by Crippen LogP contribution is -2.42. The van der Waals surface area contributed by atoms with Crippen LogP contribution in [0.15, 0.2) is 0 Å². The van der Waals surface area contributed by atoms with E-state index in [2.05, 4.69) is 0 Å². The Bertz CT molecular complexity index is 223. The number of hydrogen-bond donors (Lipinski definition) is 2. The number of guanidine groups is 1. The molecule has 0 aromatic rings. The Morgan fingerprint density at radius 2 is 2.36 bits per heavy atom. The number of ether oxygens (including phenoxy) is 1. The number of likely N-dealkylation sites (tertiary alicyclic amines) is 1. The van der Waals surface area contributed by atoms with E-state index in [4.69, 9.17) is 15.9 Å². The molecule has 1 rings (SSSR count). The molecule has 1 heterocycles. The molecule has 0 aromatic heterocycles. The van der Waals surface area contributed by atoms with Crippen LogP contribution in [0.5, 0.6) is 0 Å². The highest BCUT2D eigenvalue weighted by atomic mass is 19.3. The molecule has 0 saturated carbocycles. The van der Waals surface area contributed by atoms with E-state index >= 15 is 0 Å². The van der Waals surface area contributed by atoms with Crippen molar-refractivity contribution in [1.29, 1.82) is 5.41 Å². The van der Waals surface area contributed by atoms with Crippen LogP contribution in [0.25, 0.3) is 0 Å². The summed E-state index contributed by atoms with van der Waals surface area (Å²) in [5.41, 5.74) is 5.20. The smallest absolute Gasteiger partial charge is 0.267 e. The van der Waals surface area contributed by atoms with E-state index in [1.165, 1.54) is 4.90 Å². The van der Waals surface area contributed by atoms with E-state index in [-0.39, 0.29) is 19.0 Å². The predicted molar refractivity (Wildman–Crippen MR) is 48.5 cm³/mol. The van der Waals surface area contributed by atoms with Gasteiger partial charge in [-0.2, -0.15) is 0 Å². The third kappa shape index (κ3) is 2.54. The van der Waals surface area contributed by atoms with Crippen molar-refractivity contribution in [2.45, 2.75) is 25.3 Å². The Labute approximate surface area is 81.5 Å². The van der Waals surface area contributed by atoms with Gasteiger partial charge in [-0.3, -0.25) is 5.41 Å². The summed E-state index contributed by atoms with van der Waals surface area (Å²) in [6.45, 7) is 2.00. The number of hydrogen-bond acceptors (Lipinski definition) is 2. The molecule has 82 valence electrons. The zero-order chi connectivity index (χ0) is 10.8. The van der Waals surface area contributed by atoms with E-state index in [9.17, 15) is 8.78 Å². The van der Waals surface area contributed by atoms with Gasteiger partial charge in [-0.15, -0.1) is 0 Å². The lowest BCUT2D eigenvalue weighted by Gasteiger charge is -2.23. The van der Waals surface area contributed by atoms with E-state index in [1.54, 1.807) is 6.92 Å². The van der Waals surface area contributed by atoms with Crippen LogP contribution in [-0.2, 0) is 4.74 Å². The minimum Gasteiger partial charge on any atom is -0.380 e. The minimum atomic E-state index is -2.76. The van der Waals surface area contributed by atoms with Crippen LogP contribution in [-0.4, -0.2) is 42.6 Å². The highest BCUT2D eigenvalue weighted by molar-refractivity contribution is 5.75. The predicted octanol–water partition coefficient (Wildman–Crippen LogP) is 0.626. The molecule has 0 aliphatic carbocycles. The average Bonchev–Trinajstić information content (AvgIpc) is 2.38. The second kappa shape index (κ2) is 4.08. The molecule has 0 bridgehead atoms. The lowest BCUT2D eigenvalue weighted by molar-refractivity contribution is 0.0144. The van der Waals surface area contributed by atoms with Gasteiger partial charge in [0.1, 0.15) is 0 Å². The van der Waals surface area contributed by atoms with Crippen molar-refractivity contribution in [2.24, 2.45) is 5.73 Å². The molecule has 1 saturated heterocycles. The number of halogens is 2. The molecular weight excluding hydrogens is 192 g/mol. The fourth-order valence-electron chi connectivity index (χ4n) is 1.58. The van der Waals surface area contributed by atoms with Crippen molar-refractivity contribution in [3.63, 3.8) is 0 Å². The number of nitrogens with zero attached hydrogens (tertiary/aromatic N) is 1. The molecule has 0 spiro atoms. The highest BCUT2D eigenvalue weighted by Crippen LogP contribution is 2.31. The summed E-state index contributed by atoms with van der Waals surface area (Å²) in [7, 11) is 0. The Morgan fingerprint density at radius 3 is 2.86 bits per heavy atom. The largest absolute Gasteiger partial charge is 0.380 e. The molecule has 1 atom stereocenters. The van der Waals surface area contributed by atoms with Crippen LogP contribution in [0.1, 0.15) is 13.3 Å². The van der Waals surface area contributed by atoms with Crippen molar-refractivity contribution in [2.75, 3.05) is 19.8 Å². The first kappa shape index (κ1) is 11.2. The number of nitrogens with one attached hydrogen (secondary N) is 1. The molecule has 3 N–H and O–H groups in total. The fourth-order valence-corrected chi connectivity index (χ4v) is 1.58. The van der Waals surface area contributed by atoms with Gasteiger partial charge in [-0.1, -0.05) is 0 Å². The monoisotopic (exact) mass is 207 g/mol. The number of alkyl halides is 2. The molecule has 1 fully saturated rings. The summed E-state index contributed by atoms with van der Waals surface area (Å²) in [4.78, 5) is 1.19. The van der Waals surface area contributed by atoms with Gasteiger partial charge in [0.05, 0.1) is 19.2 Å². The van der Waals surface area contributed by atoms with Crippen LogP contribution in [0, 0.1) is 5.41 Å². The maximum atomic E-state index is 13.0. The molecular formula is C8H15F2N3O. The van der Waals surface area contributed by atoms with Crippen LogP contribution in [0.4, 0.5) is 8.78 Å². The lowest BCUT2D eigenvalue weighted by atomic mass is 10.2. The van der Waals surface area contributed by atoms with Crippen LogP contribution >= 0.6 is 0 Å². The third-order valence-electron chi connectivity index (χ3n) is 2.20. The number of nitrogens with two attached hydrogens (primary N) is 1. The van der Waals surface area contributed by atoms with Crippen LogP contribution in [0.3, 0.4) is 0 Å². The maximum absolute atomic E-state index is 13.0. The van der Waals surface area contributed by atoms with E-state index < -0.39 is 18.5 Å². The Morgan fingerprint density at radius 1 is 1.71 bits per heavy atom. The van der Waals surface area contributed by atoms with Crippen molar-refractivity contribution in [3.8, 4) is 0 Å². The number of rotatable bonds is 3. The van der Waals surface area contributed by atoms with E-state index in [0.29, 0.717) is 6.61 Å². The zero-order valence-electron chi connectivity index (χ0n) is 8.09. The van der Waals surface area contributed by atoms with Gasteiger partial charge >= 0.3 is 0 Å². The summed E-state index contributed by atoms with van der Waals surface area (Å²) in [5.74, 6) is -3.07. The molecule has 14 heavy (non-hydrogen) atoms. The quantitative estimate of drug-likeness (QED) is 0.527. The minimum absolute atomic E-state index is 0.200. The standard InChI is InChI=1S/C8H15F2N3O/c1-2-14-4-6-3-8(9,10)5-13(6)7(11)12/h6H,2-5H2,1H3,(H3,11,12). The van der Waals surface area contributed by atoms with Gasteiger partial charge in [-0.05, 0) is 6.92 Å². The van der Waals surface area contributed by atoms with Gasteiger partial charge in [0.25, 0.3) is 5.92 Å². The molecule has 0 radical (unpaired) electrons. The van der Waals surface area contributed by atoms with Gasteiger partial charge in [-0.25, -0.2) is 8.78 Å². The zero-order valence-corrected chi connectivity index (χ0v) is 8.09. The van der Waals surface area contributed by atoms with Crippen LogP contribution in [0.2, 0.25) is 0 Å². The van der Waals surface area contributed by atoms with Gasteiger partial charge in [0.15, 0.2) is 5.96 Å². The van der Waals surface area contributed by atoms with Crippen molar-refractivity contribution >= 4 is 5.96 Å². The van der Waals surface area contributed by atoms with Gasteiger partial charge < -0.3 is 15.4 Å². The second-order valence-corrected chi connectivity index (χ2v) is 3.39. The van der Waals surface area contributed by atoms with Gasteiger partial charge in [0, 0.05) is 13.0 Å². The highest BCUT2D eigenvalue weighted by Gasteiger charge is 2.45. The third-order valence-corrected chi connectivity index (χ3v) is 2.20. The summed E-state index contributed by atoms with van der Waals surface area (Å²) in [6, 6.07) is -0.470. The molecule has 0 amide bonds. The molecule has 1 unspecified atom stereocenters. The summed E-state index contributed by atoms with van der Waals surface area (Å²) in [5, 5.41) is 7.15. The van der Waals surface area contributed by atoms with E-state index in [0.717, 1.165) is 0 Å². The molecule has 4 nitrogen and oxygen atoms in total. The Kier molecular flexibility index (Phi) is 3.25. The maximum Gasteiger partial charge on any atom is 0.267 e. The fraction of sp³-hybridized carbons (Fsp3) is 0.875. The van der Waals surface area contributed by atoms with Crippen molar-refractivity contribution in [1.82, 2.24) is 4.90 Å². The van der Waals surface area contributed by atoms with Crippen molar-refractivity contribution < 1.29 is 13.5 Å². The van der Waals surface area contributed by atoms with E-state index in [1.807, 2.05) is 0 Å². The topological polar surface area (TPSA) is 62.3 Å². The summed E-state index contributed by atoms with van der Waals surface area (Å²) < 4.78 is 31.0. The summed E-state index contributed by atoms with van der Waals surface area (Å²) in [6.07, 6.45) is -0.285. The molecule has 0 aromatic carbocycles. The summed E-state index contributed by atoms with van der Waals surface area (Å²) >= 11 is 0. The molecule has 6 heteroatoms. The first-order valence-corrected chi connectivity index (χ1v) is 4.52. The molecule has 1 aliphatic rings. The SMILES string of the molecule is CCOCC1CC(F)(F)CN1C(=N)N. The normalized spacial score (nSPS) is 25.4. The first-order chi connectivity index (χ1) is 6.46. The molecule has 1 aliphatic heterocycles.